The SMILES string of the molecule is CCOP(=O)(OCC)c1ccccc1C(=O)N1CCOCC1. The summed E-state index contributed by atoms with van der Waals surface area (Å²) in [5.74, 6) is -0.168. The lowest BCUT2D eigenvalue weighted by Gasteiger charge is -2.28. The van der Waals surface area contributed by atoms with Crippen LogP contribution in [-0.2, 0) is 18.3 Å². The lowest BCUT2D eigenvalue weighted by Crippen LogP contribution is -2.42. The minimum atomic E-state index is -3.49. The first-order valence-electron chi connectivity index (χ1n) is 7.48. The second kappa shape index (κ2) is 7.88. The number of carbonyl (C=O) groups excluding carboxylic acids is 1. The van der Waals surface area contributed by atoms with Crippen LogP contribution < -0.4 is 5.30 Å². The number of carbonyl (C=O) groups is 1. The van der Waals surface area contributed by atoms with E-state index in [1.54, 1.807) is 43.0 Å². The molecular formula is C15H22NO5P. The van der Waals surface area contributed by atoms with Gasteiger partial charge in [0.05, 0.1) is 37.3 Å². The molecule has 1 heterocycles. The van der Waals surface area contributed by atoms with Gasteiger partial charge in [0.25, 0.3) is 5.91 Å². The molecule has 0 saturated carbocycles. The highest BCUT2D eigenvalue weighted by Gasteiger charge is 2.33. The molecule has 6 nitrogen and oxygen atoms in total. The van der Waals surface area contributed by atoms with Crippen molar-refractivity contribution in [3.8, 4) is 0 Å². The number of benzene rings is 1. The topological polar surface area (TPSA) is 65.1 Å². The highest BCUT2D eigenvalue weighted by atomic mass is 31.2. The molecule has 2 rings (SSSR count). The van der Waals surface area contributed by atoms with Crippen molar-refractivity contribution in [2.24, 2.45) is 0 Å². The average Bonchev–Trinajstić information content (AvgIpc) is 2.55. The fraction of sp³-hybridized carbons (Fsp3) is 0.533. The van der Waals surface area contributed by atoms with Crippen LogP contribution in [0.2, 0.25) is 0 Å². The minimum absolute atomic E-state index is 0.168. The molecule has 0 unspecified atom stereocenters. The molecule has 1 amide bonds. The van der Waals surface area contributed by atoms with Crippen molar-refractivity contribution < 1.29 is 23.1 Å². The molecule has 22 heavy (non-hydrogen) atoms. The Kier molecular flexibility index (Phi) is 6.15. The molecule has 0 bridgehead atoms. The largest absolute Gasteiger partial charge is 0.378 e. The van der Waals surface area contributed by atoms with E-state index in [1.165, 1.54) is 0 Å². The van der Waals surface area contributed by atoms with Crippen LogP contribution in [-0.4, -0.2) is 50.3 Å². The van der Waals surface area contributed by atoms with Crippen LogP contribution >= 0.6 is 7.60 Å². The van der Waals surface area contributed by atoms with E-state index < -0.39 is 7.60 Å². The Morgan fingerprint density at radius 1 is 1.18 bits per heavy atom. The van der Waals surface area contributed by atoms with E-state index in [4.69, 9.17) is 13.8 Å². The lowest BCUT2D eigenvalue weighted by atomic mass is 10.2. The van der Waals surface area contributed by atoms with Crippen molar-refractivity contribution in [3.63, 3.8) is 0 Å². The molecule has 0 aliphatic carbocycles. The van der Waals surface area contributed by atoms with Crippen LogP contribution in [0.4, 0.5) is 0 Å². The maximum Gasteiger partial charge on any atom is 0.362 e. The van der Waals surface area contributed by atoms with Gasteiger partial charge in [-0.25, -0.2) is 0 Å². The molecule has 1 aliphatic heterocycles. The standard InChI is InChI=1S/C15H22NO5P/c1-3-20-22(18,21-4-2)14-8-6-5-7-13(14)15(17)16-9-11-19-12-10-16/h5-8H,3-4,9-12H2,1-2H3. The summed E-state index contributed by atoms with van der Waals surface area (Å²) in [6, 6.07) is 6.78. The number of amides is 1. The summed E-state index contributed by atoms with van der Waals surface area (Å²) in [6.07, 6.45) is 0. The molecule has 1 fully saturated rings. The number of ether oxygens (including phenoxy) is 1. The monoisotopic (exact) mass is 327 g/mol. The van der Waals surface area contributed by atoms with Crippen molar-refractivity contribution in [2.75, 3.05) is 39.5 Å². The fourth-order valence-electron chi connectivity index (χ4n) is 2.35. The van der Waals surface area contributed by atoms with E-state index in [0.717, 1.165) is 0 Å². The van der Waals surface area contributed by atoms with Gasteiger partial charge in [-0.15, -0.1) is 0 Å². The average molecular weight is 327 g/mol. The van der Waals surface area contributed by atoms with Gasteiger partial charge in [0, 0.05) is 13.1 Å². The maximum absolute atomic E-state index is 13.0. The molecule has 0 spiro atoms. The van der Waals surface area contributed by atoms with Crippen molar-refractivity contribution in [1.29, 1.82) is 0 Å². The quantitative estimate of drug-likeness (QED) is 0.748. The minimum Gasteiger partial charge on any atom is -0.378 e. The first-order chi connectivity index (χ1) is 10.6. The van der Waals surface area contributed by atoms with Gasteiger partial charge in [-0.2, -0.15) is 0 Å². The normalized spacial score (nSPS) is 15.8. The van der Waals surface area contributed by atoms with Crippen LogP contribution in [0.15, 0.2) is 24.3 Å². The van der Waals surface area contributed by atoms with Gasteiger partial charge in [0.1, 0.15) is 0 Å². The highest BCUT2D eigenvalue weighted by molar-refractivity contribution is 7.62. The van der Waals surface area contributed by atoms with Crippen LogP contribution in [0.3, 0.4) is 0 Å². The Morgan fingerprint density at radius 2 is 1.77 bits per heavy atom. The molecule has 7 heteroatoms. The third-order valence-corrected chi connectivity index (χ3v) is 5.50. The van der Waals surface area contributed by atoms with Gasteiger partial charge in [-0.1, -0.05) is 12.1 Å². The van der Waals surface area contributed by atoms with Crippen molar-refractivity contribution >= 4 is 18.8 Å². The molecule has 0 atom stereocenters. The van der Waals surface area contributed by atoms with Gasteiger partial charge in [0.2, 0.25) is 0 Å². The van der Waals surface area contributed by atoms with Gasteiger partial charge in [-0.05, 0) is 26.0 Å². The summed E-state index contributed by atoms with van der Waals surface area (Å²) < 4.78 is 29.0. The van der Waals surface area contributed by atoms with E-state index in [1.807, 2.05) is 0 Å². The summed E-state index contributed by atoms with van der Waals surface area (Å²) in [5.41, 5.74) is 0.370. The van der Waals surface area contributed by atoms with Crippen molar-refractivity contribution in [1.82, 2.24) is 4.90 Å². The summed E-state index contributed by atoms with van der Waals surface area (Å²) in [6.45, 7) is 6.08. The van der Waals surface area contributed by atoms with Crippen LogP contribution in [0.1, 0.15) is 24.2 Å². The zero-order valence-corrected chi connectivity index (χ0v) is 13.9. The smallest absolute Gasteiger partial charge is 0.362 e. The van der Waals surface area contributed by atoms with Crippen LogP contribution in [0.5, 0.6) is 0 Å². The van der Waals surface area contributed by atoms with Crippen molar-refractivity contribution in [3.05, 3.63) is 29.8 Å². The molecule has 1 aliphatic rings. The summed E-state index contributed by atoms with van der Waals surface area (Å²) in [5, 5.41) is 0.329. The Balaban J connectivity index is 2.36. The molecule has 122 valence electrons. The number of rotatable bonds is 6. The first-order valence-corrected chi connectivity index (χ1v) is 9.02. The van der Waals surface area contributed by atoms with E-state index >= 15 is 0 Å². The molecule has 0 radical (unpaired) electrons. The van der Waals surface area contributed by atoms with Crippen LogP contribution in [0.25, 0.3) is 0 Å². The zero-order valence-electron chi connectivity index (χ0n) is 13.0. The first kappa shape index (κ1) is 17.2. The number of morpholine rings is 1. The van der Waals surface area contributed by atoms with Gasteiger partial charge in [0.15, 0.2) is 0 Å². The van der Waals surface area contributed by atoms with E-state index in [9.17, 15) is 9.36 Å². The predicted octanol–water partition coefficient (Wildman–Crippen LogP) is 2.05. The predicted molar refractivity (Wildman–Crippen MR) is 83.7 cm³/mol. The van der Waals surface area contributed by atoms with Crippen molar-refractivity contribution in [2.45, 2.75) is 13.8 Å². The molecule has 0 N–H and O–H groups in total. The summed E-state index contributed by atoms with van der Waals surface area (Å²) in [7, 11) is -3.49. The molecule has 1 aromatic rings. The Morgan fingerprint density at radius 3 is 2.36 bits per heavy atom. The van der Waals surface area contributed by atoms with E-state index in [0.29, 0.717) is 37.2 Å². The van der Waals surface area contributed by atoms with E-state index in [2.05, 4.69) is 0 Å². The number of hydrogen-bond donors (Lipinski definition) is 0. The summed E-state index contributed by atoms with van der Waals surface area (Å²) in [4.78, 5) is 14.4. The zero-order chi connectivity index (χ0) is 16.0. The Bertz CT molecular complexity index is 547. The highest BCUT2D eigenvalue weighted by Crippen LogP contribution is 2.47. The van der Waals surface area contributed by atoms with E-state index in [-0.39, 0.29) is 19.1 Å². The fourth-order valence-corrected chi connectivity index (χ4v) is 4.11. The molecule has 1 saturated heterocycles. The third-order valence-electron chi connectivity index (χ3n) is 3.33. The van der Waals surface area contributed by atoms with Gasteiger partial charge < -0.3 is 18.7 Å². The Hall–Kier alpha value is -1.20. The summed E-state index contributed by atoms with van der Waals surface area (Å²) >= 11 is 0. The maximum atomic E-state index is 13.0. The number of hydrogen-bond acceptors (Lipinski definition) is 5. The van der Waals surface area contributed by atoms with Gasteiger partial charge in [-0.3, -0.25) is 9.36 Å². The van der Waals surface area contributed by atoms with Gasteiger partial charge >= 0.3 is 7.60 Å². The van der Waals surface area contributed by atoms with Crippen LogP contribution in [0, 0.1) is 0 Å². The molecule has 1 aromatic carbocycles. The number of nitrogens with zero attached hydrogens (tertiary/aromatic N) is 1. The second-order valence-corrected chi connectivity index (χ2v) is 6.75. The third kappa shape index (κ3) is 3.76. The molecule has 0 aromatic heterocycles. The molecular weight excluding hydrogens is 305 g/mol. The Labute approximate surface area is 130 Å². The second-order valence-electron chi connectivity index (χ2n) is 4.75. The lowest BCUT2D eigenvalue weighted by molar-refractivity contribution is 0.0303.